The molecule has 0 saturated carbocycles. The molecule has 0 aliphatic rings. The van der Waals surface area contributed by atoms with Crippen LogP contribution in [-0.4, -0.2) is 35.8 Å². The highest BCUT2D eigenvalue weighted by Gasteiger charge is 2.14. The molecular weight excluding hydrogens is 322 g/mol. The highest BCUT2D eigenvalue weighted by Crippen LogP contribution is 2.34. The molecule has 2 amide bonds. The molecule has 1 aromatic carbocycles. The van der Waals surface area contributed by atoms with E-state index in [-0.39, 0.29) is 22.6 Å². The average Bonchev–Trinajstić information content (AvgIpc) is 2.51. The van der Waals surface area contributed by atoms with E-state index >= 15 is 0 Å². The Morgan fingerprint density at radius 2 is 2.09 bits per heavy atom. The van der Waals surface area contributed by atoms with Gasteiger partial charge in [0, 0.05) is 6.04 Å². The van der Waals surface area contributed by atoms with Crippen LogP contribution in [0, 0.1) is 0 Å². The third kappa shape index (κ3) is 5.78. The second-order valence-corrected chi connectivity index (χ2v) is 5.17. The Hall–Kier alpha value is -2.28. The molecule has 0 unspecified atom stereocenters. The predicted molar refractivity (Wildman–Crippen MR) is 87.9 cm³/mol. The van der Waals surface area contributed by atoms with Gasteiger partial charge in [0.2, 0.25) is 0 Å². The summed E-state index contributed by atoms with van der Waals surface area (Å²) in [6.07, 6.45) is 2.01. The fourth-order valence-corrected chi connectivity index (χ4v) is 1.76. The molecule has 0 bridgehead atoms. The van der Waals surface area contributed by atoms with Crippen molar-refractivity contribution >= 4 is 29.6 Å². The summed E-state index contributed by atoms with van der Waals surface area (Å²) >= 11 is 5.88. The third-order valence-corrected chi connectivity index (χ3v) is 3.21. The number of amides is 2. The van der Waals surface area contributed by atoms with Crippen LogP contribution < -0.4 is 15.5 Å². The monoisotopic (exact) mass is 341 g/mol. The molecule has 1 rings (SSSR count). The number of nitrogens with zero attached hydrogens (tertiary/aromatic N) is 1. The fourth-order valence-electron chi connectivity index (χ4n) is 1.54. The molecule has 0 saturated heterocycles. The summed E-state index contributed by atoms with van der Waals surface area (Å²) in [5.41, 5.74) is 2.62. The van der Waals surface area contributed by atoms with Crippen LogP contribution in [0.5, 0.6) is 11.5 Å². The van der Waals surface area contributed by atoms with Crippen LogP contribution in [0.25, 0.3) is 0 Å². The Morgan fingerprint density at radius 1 is 1.39 bits per heavy atom. The zero-order valence-electron chi connectivity index (χ0n) is 13.2. The number of phenols is 1. The van der Waals surface area contributed by atoms with Crippen LogP contribution in [0.1, 0.15) is 32.8 Å². The van der Waals surface area contributed by atoms with E-state index in [1.54, 1.807) is 13.8 Å². The van der Waals surface area contributed by atoms with Crippen molar-refractivity contribution in [1.29, 1.82) is 0 Å². The molecule has 8 heteroatoms. The summed E-state index contributed by atoms with van der Waals surface area (Å²) in [6.45, 7) is 5.81. The van der Waals surface area contributed by atoms with Gasteiger partial charge in [-0.2, -0.15) is 5.10 Å². The average molecular weight is 342 g/mol. The zero-order valence-corrected chi connectivity index (χ0v) is 14.0. The molecule has 0 fully saturated rings. The minimum Gasteiger partial charge on any atom is -0.503 e. The van der Waals surface area contributed by atoms with Crippen LogP contribution >= 0.6 is 11.6 Å². The van der Waals surface area contributed by atoms with E-state index in [0.717, 1.165) is 0 Å². The van der Waals surface area contributed by atoms with Crippen molar-refractivity contribution in [2.24, 2.45) is 5.10 Å². The van der Waals surface area contributed by atoms with E-state index in [1.165, 1.54) is 18.3 Å². The Balaban J connectivity index is 2.71. The number of halogens is 1. The van der Waals surface area contributed by atoms with Gasteiger partial charge in [0.15, 0.2) is 11.5 Å². The first-order valence-corrected chi connectivity index (χ1v) is 7.56. The molecule has 23 heavy (non-hydrogen) atoms. The van der Waals surface area contributed by atoms with Gasteiger partial charge >= 0.3 is 11.8 Å². The summed E-state index contributed by atoms with van der Waals surface area (Å²) in [5.74, 6) is -1.57. The van der Waals surface area contributed by atoms with Crippen LogP contribution in [-0.2, 0) is 9.59 Å². The number of aromatic hydroxyl groups is 1. The standard InChI is InChI=1S/C15H20ClN3O4/c1-4-9(3)18-14(21)15(22)19-17-8-10-6-11(16)13(20)12(7-10)23-5-2/h6-9,20H,4-5H2,1-3H3,(H,18,21)(H,19,22)/b17-8-/t9-/m0/s1. The summed E-state index contributed by atoms with van der Waals surface area (Å²) in [5, 5.41) is 16.0. The number of hydrogen-bond donors (Lipinski definition) is 3. The molecule has 0 aliphatic heterocycles. The van der Waals surface area contributed by atoms with E-state index in [0.29, 0.717) is 18.6 Å². The number of nitrogens with one attached hydrogen (secondary N) is 2. The molecule has 126 valence electrons. The lowest BCUT2D eigenvalue weighted by molar-refractivity contribution is -0.139. The maximum Gasteiger partial charge on any atom is 0.329 e. The first kappa shape index (κ1) is 18.8. The highest BCUT2D eigenvalue weighted by molar-refractivity contribution is 6.35. The van der Waals surface area contributed by atoms with Gasteiger partial charge in [-0.05, 0) is 38.0 Å². The van der Waals surface area contributed by atoms with Gasteiger partial charge in [-0.1, -0.05) is 18.5 Å². The van der Waals surface area contributed by atoms with Gasteiger partial charge in [0.1, 0.15) is 0 Å². The van der Waals surface area contributed by atoms with E-state index < -0.39 is 11.8 Å². The van der Waals surface area contributed by atoms with Crippen molar-refractivity contribution in [1.82, 2.24) is 10.7 Å². The van der Waals surface area contributed by atoms with Crippen LogP contribution in [0.3, 0.4) is 0 Å². The van der Waals surface area contributed by atoms with Gasteiger partial charge in [0.25, 0.3) is 0 Å². The number of carbonyl (C=O) groups is 2. The van der Waals surface area contributed by atoms with Gasteiger partial charge in [-0.3, -0.25) is 9.59 Å². The molecule has 1 aromatic rings. The minimum atomic E-state index is -0.864. The second-order valence-electron chi connectivity index (χ2n) is 4.76. The number of rotatable bonds is 6. The summed E-state index contributed by atoms with van der Waals surface area (Å²) < 4.78 is 5.23. The van der Waals surface area contributed by atoms with Gasteiger partial charge in [-0.15, -0.1) is 0 Å². The molecule has 3 N–H and O–H groups in total. The maximum atomic E-state index is 11.5. The van der Waals surface area contributed by atoms with Gasteiger partial charge in [-0.25, -0.2) is 5.43 Å². The first-order chi connectivity index (χ1) is 10.9. The van der Waals surface area contributed by atoms with Crippen molar-refractivity contribution < 1.29 is 19.4 Å². The summed E-state index contributed by atoms with van der Waals surface area (Å²) in [4.78, 5) is 23.1. The third-order valence-electron chi connectivity index (χ3n) is 2.93. The Morgan fingerprint density at radius 3 is 2.70 bits per heavy atom. The number of hydrogen-bond acceptors (Lipinski definition) is 5. The number of phenolic OH excluding ortho intramolecular Hbond substituents is 1. The van der Waals surface area contributed by atoms with Crippen LogP contribution in [0.15, 0.2) is 17.2 Å². The first-order valence-electron chi connectivity index (χ1n) is 7.18. The Bertz CT molecular complexity index is 605. The lowest BCUT2D eigenvalue weighted by atomic mass is 10.2. The van der Waals surface area contributed by atoms with Gasteiger partial charge < -0.3 is 15.2 Å². The molecule has 0 aliphatic carbocycles. The van der Waals surface area contributed by atoms with E-state index in [1.807, 2.05) is 6.92 Å². The van der Waals surface area contributed by atoms with Crippen molar-refractivity contribution in [2.75, 3.05) is 6.61 Å². The number of hydrazone groups is 1. The highest BCUT2D eigenvalue weighted by atomic mass is 35.5. The molecular formula is C15H20ClN3O4. The van der Waals surface area contributed by atoms with Crippen molar-refractivity contribution in [3.63, 3.8) is 0 Å². The van der Waals surface area contributed by atoms with E-state index in [4.69, 9.17) is 16.3 Å². The fraction of sp³-hybridized carbons (Fsp3) is 0.400. The molecule has 1 atom stereocenters. The Labute approximate surface area is 139 Å². The molecule has 0 spiro atoms. The molecule has 0 radical (unpaired) electrons. The van der Waals surface area contributed by atoms with Crippen molar-refractivity contribution in [3.05, 3.63) is 22.7 Å². The lowest BCUT2D eigenvalue weighted by Gasteiger charge is -2.09. The predicted octanol–water partition coefficient (Wildman–Crippen LogP) is 1.81. The number of benzene rings is 1. The SMILES string of the molecule is CCOc1cc(/C=N\NC(=O)C(=O)N[C@@H](C)CC)cc(Cl)c1O. The number of ether oxygens (including phenoxy) is 1. The zero-order chi connectivity index (χ0) is 17.4. The quantitative estimate of drug-likeness (QED) is 0.417. The van der Waals surface area contributed by atoms with Crippen LogP contribution in [0.2, 0.25) is 5.02 Å². The smallest absolute Gasteiger partial charge is 0.329 e. The van der Waals surface area contributed by atoms with E-state index in [9.17, 15) is 14.7 Å². The normalized spacial score (nSPS) is 12.0. The second kappa shape index (κ2) is 8.99. The number of carbonyl (C=O) groups excluding carboxylic acids is 2. The summed E-state index contributed by atoms with van der Waals surface area (Å²) in [6, 6.07) is 2.87. The van der Waals surface area contributed by atoms with Crippen molar-refractivity contribution in [2.45, 2.75) is 33.2 Å². The van der Waals surface area contributed by atoms with Crippen LogP contribution in [0.4, 0.5) is 0 Å². The lowest BCUT2D eigenvalue weighted by Crippen LogP contribution is -2.41. The topological polar surface area (TPSA) is 100 Å². The molecule has 0 aromatic heterocycles. The van der Waals surface area contributed by atoms with E-state index in [2.05, 4.69) is 15.8 Å². The maximum absolute atomic E-state index is 11.5. The largest absolute Gasteiger partial charge is 0.503 e. The molecule has 0 heterocycles. The van der Waals surface area contributed by atoms with Gasteiger partial charge in [0.05, 0.1) is 17.8 Å². The summed E-state index contributed by atoms with van der Waals surface area (Å²) in [7, 11) is 0. The Kier molecular flexibility index (Phi) is 7.34. The molecule has 7 nitrogen and oxygen atoms in total. The van der Waals surface area contributed by atoms with Crippen molar-refractivity contribution in [3.8, 4) is 11.5 Å². The minimum absolute atomic E-state index is 0.0955.